The maximum atomic E-state index is 13.4. The molecule has 35 heavy (non-hydrogen) atoms. The van der Waals surface area contributed by atoms with Crippen LogP contribution >= 0.6 is 0 Å². The number of piperidine rings is 1. The van der Waals surface area contributed by atoms with Crippen molar-refractivity contribution in [1.82, 2.24) is 9.97 Å². The van der Waals surface area contributed by atoms with Gasteiger partial charge in [-0.25, -0.2) is 14.8 Å². The number of rotatable bonds is 5. The van der Waals surface area contributed by atoms with Crippen LogP contribution in [0.2, 0.25) is 0 Å². The molecule has 2 N–H and O–H groups in total. The number of carbonyl (C=O) groups is 1. The molecule has 1 unspecified atom stereocenters. The molecular formula is C25H24F3N5O2. The molecule has 182 valence electrons. The van der Waals surface area contributed by atoms with Crippen LogP contribution in [0.5, 0.6) is 0 Å². The van der Waals surface area contributed by atoms with Gasteiger partial charge in [-0.1, -0.05) is 18.2 Å². The summed E-state index contributed by atoms with van der Waals surface area (Å²) in [4.78, 5) is 22.2. The van der Waals surface area contributed by atoms with Gasteiger partial charge in [-0.3, -0.25) is 0 Å². The Morgan fingerprint density at radius 3 is 2.71 bits per heavy atom. The Labute approximate surface area is 200 Å². The maximum absolute atomic E-state index is 13.4. The molecule has 1 saturated heterocycles. The normalized spacial score (nSPS) is 17.1. The number of aromatic carboxylic acids is 1. The minimum absolute atomic E-state index is 0.0197. The van der Waals surface area contributed by atoms with E-state index in [9.17, 15) is 28.3 Å². The highest BCUT2D eigenvalue weighted by atomic mass is 19.4. The lowest BCUT2D eigenvalue weighted by Crippen LogP contribution is -2.42. The third-order valence-corrected chi connectivity index (χ3v) is 6.21. The van der Waals surface area contributed by atoms with E-state index in [0.717, 1.165) is 5.56 Å². The van der Waals surface area contributed by atoms with E-state index in [2.05, 4.69) is 15.3 Å². The molecule has 4 rings (SSSR count). The second kappa shape index (κ2) is 9.41. The maximum Gasteiger partial charge on any atom is 0.393 e. The van der Waals surface area contributed by atoms with Gasteiger partial charge < -0.3 is 15.3 Å². The van der Waals surface area contributed by atoms with Crippen molar-refractivity contribution in [2.75, 3.05) is 23.3 Å². The number of hydrogen-bond donors (Lipinski definition) is 2. The zero-order valence-electron chi connectivity index (χ0n) is 19.2. The number of aryl methyl sites for hydroxylation is 1. The van der Waals surface area contributed by atoms with Gasteiger partial charge in [-0.05, 0) is 50.5 Å². The standard InChI is InChI=1S/C25H24F3N5O2/c1-14-10-18(15(2)30-19-8-4-3-7-17(19)24(34)35)22-20(11-14)31-21(12-29)23(32-22)33-9-5-6-16(13-33)25(26,27)28/h3-4,7-8,10-11,15-16,30H,5-6,9,13H2,1-2H3,(H,34,35)/t15-,16?/m1/s1. The fraction of sp³-hybridized carbons (Fsp3) is 0.360. The molecule has 2 aromatic carbocycles. The number of fused-ring (bicyclic) bond motifs is 1. The van der Waals surface area contributed by atoms with Crippen molar-refractivity contribution in [3.05, 3.63) is 58.8 Å². The van der Waals surface area contributed by atoms with E-state index >= 15 is 0 Å². The third kappa shape index (κ3) is 4.99. The Kier molecular flexibility index (Phi) is 6.52. The Bertz CT molecular complexity index is 1320. The monoisotopic (exact) mass is 483 g/mol. The molecule has 1 aliphatic heterocycles. The van der Waals surface area contributed by atoms with E-state index in [1.54, 1.807) is 24.3 Å². The number of anilines is 2. The summed E-state index contributed by atoms with van der Waals surface area (Å²) in [6, 6.07) is 11.7. The highest BCUT2D eigenvalue weighted by molar-refractivity contribution is 5.94. The highest BCUT2D eigenvalue weighted by Crippen LogP contribution is 2.36. The zero-order valence-corrected chi connectivity index (χ0v) is 19.2. The summed E-state index contributed by atoms with van der Waals surface area (Å²) >= 11 is 0. The average molecular weight is 483 g/mol. The lowest BCUT2D eigenvalue weighted by molar-refractivity contribution is -0.176. The predicted octanol–water partition coefficient (Wildman–Crippen LogP) is 5.46. The lowest BCUT2D eigenvalue weighted by Gasteiger charge is -2.34. The number of aromatic nitrogens is 2. The van der Waals surface area contributed by atoms with Crippen LogP contribution in [0.3, 0.4) is 0 Å². The molecule has 0 spiro atoms. The molecule has 1 fully saturated rings. The van der Waals surface area contributed by atoms with Crippen molar-refractivity contribution in [2.24, 2.45) is 5.92 Å². The largest absolute Gasteiger partial charge is 0.478 e. The second-order valence-corrected chi connectivity index (χ2v) is 8.77. The second-order valence-electron chi connectivity index (χ2n) is 8.77. The number of carboxylic acids is 1. The van der Waals surface area contributed by atoms with Crippen LogP contribution in [0.15, 0.2) is 36.4 Å². The summed E-state index contributed by atoms with van der Waals surface area (Å²) in [5.74, 6) is -2.43. The molecule has 2 atom stereocenters. The number of carboxylic acid groups (broad SMARTS) is 1. The van der Waals surface area contributed by atoms with E-state index in [1.165, 1.54) is 11.0 Å². The Morgan fingerprint density at radius 1 is 1.29 bits per heavy atom. The summed E-state index contributed by atoms with van der Waals surface area (Å²) in [5.41, 5.74) is 2.97. The number of nitriles is 1. The van der Waals surface area contributed by atoms with Crippen molar-refractivity contribution in [2.45, 2.75) is 38.9 Å². The fourth-order valence-corrected chi connectivity index (χ4v) is 4.49. The van der Waals surface area contributed by atoms with E-state index in [0.29, 0.717) is 35.2 Å². The van der Waals surface area contributed by atoms with Crippen molar-refractivity contribution in [3.63, 3.8) is 0 Å². The first-order valence-electron chi connectivity index (χ1n) is 11.2. The number of halogens is 3. The first-order valence-corrected chi connectivity index (χ1v) is 11.2. The minimum Gasteiger partial charge on any atom is -0.478 e. The van der Waals surface area contributed by atoms with Crippen molar-refractivity contribution in [1.29, 1.82) is 5.26 Å². The SMILES string of the molecule is Cc1cc([C@@H](C)Nc2ccccc2C(=O)O)c2nc(N3CCCC(C(F)(F)F)C3)c(C#N)nc2c1. The van der Waals surface area contributed by atoms with Crippen LogP contribution in [-0.2, 0) is 0 Å². The van der Waals surface area contributed by atoms with Crippen molar-refractivity contribution in [3.8, 4) is 6.07 Å². The summed E-state index contributed by atoms with van der Waals surface area (Å²) in [6.45, 7) is 3.77. The Hall–Kier alpha value is -3.87. The van der Waals surface area contributed by atoms with Crippen LogP contribution in [0, 0.1) is 24.2 Å². The number of nitrogens with one attached hydrogen (secondary N) is 1. The predicted molar refractivity (Wildman–Crippen MR) is 125 cm³/mol. The average Bonchev–Trinajstić information content (AvgIpc) is 2.82. The zero-order chi connectivity index (χ0) is 25.3. The van der Waals surface area contributed by atoms with Crippen LogP contribution < -0.4 is 10.2 Å². The number of nitrogens with zero attached hydrogens (tertiary/aromatic N) is 4. The van der Waals surface area contributed by atoms with Gasteiger partial charge in [0.1, 0.15) is 6.07 Å². The molecular weight excluding hydrogens is 459 g/mol. The Morgan fingerprint density at radius 2 is 2.03 bits per heavy atom. The molecule has 2 heterocycles. The Balaban J connectivity index is 1.78. The van der Waals surface area contributed by atoms with Crippen LogP contribution in [0.1, 0.15) is 53.0 Å². The fourth-order valence-electron chi connectivity index (χ4n) is 4.49. The third-order valence-electron chi connectivity index (χ3n) is 6.21. The molecule has 7 nitrogen and oxygen atoms in total. The molecule has 1 aliphatic rings. The van der Waals surface area contributed by atoms with E-state index in [1.807, 2.05) is 26.0 Å². The van der Waals surface area contributed by atoms with E-state index in [-0.39, 0.29) is 30.0 Å². The topological polar surface area (TPSA) is 102 Å². The van der Waals surface area contributed by atoms with Gasteiger partial charge >= 0.3 is 12.1 Å². The van der Waals surface area contributed by atoms with E-state index < -0.39 is 24.1 Å². The van der Waals surface area contributed by atoms with Gasteiger partial charge in [0.25, 0.3) is 0 Å². The van der Waals surface area contributed by atoms with E-state index in [4.69, 9.17) is 0 Å². The molecule has 0 aliphatic carbocycles. The number of alkyl halides is 3. The summed E-state index contributed by atoms with van der Waals surface area (Å²) < 4.78 is 40.2. The number of benzene rings is 2. The molecule has 0 radical (unpaired) electrons. The first-order chi connectivity index (χ1) is 16.6. The summed E-state index contributed by atoms with van der Waals surface area (Å²) in [7, 11) is 0. The number of hydrogen-bond acceptors (Lipinski definition) is 6. The minimum atomic E-state index is -4.33. The highest BCUT2D eigenvalue weighted by Gasteiger charge is 2.42. The van der Waals surface area contributed by atoms with Crippen molar-refractivity contribution < 1.29 is 23.1 Å². The molecule has 0 bridgehead atoms. The molecule has 0 amide bonds. The van der Waals surface area contributed by atoms with Crippen LogP contribution in [-0.4, -0.2) is 40.3 Å². The smallest absolute Gasteiger partial charge is 0.393 e. The van der Waals surface area contributed by atoms with Gasteiger partial charge in [-0.2, -0.15) is 18.4 Å². The first kappa shape index (κ1) is 24.3. The quantitative estimate of drug-likeness (QED) is 0.497. The summed E-state index contributed by atoms with van der Waals surface area (Å²) in [5, 5.41) is 22.4. The number of para-hydroxylation sites is 1. The summed E-state index contributed by atoms with van der Waals surface area (Å²) in [6.07, 6.45) is -3.95. The van der Waals surface area contributed by atoms with Crippen LogP contribution in [0.4, 0.5) is 24.7 Å². The van der Waals surface area contributed by atoms with Gasteiger partial charge in [0.05, 0.1) is 28.6 Å². The lowest BCUT2D eigenvalue weighted by atomic mass is 9.97. The van der Waals surface area contributed by atoms with Crippen molar-refractivity contribution >= 4 is 28.5 Å². The molecule has 3 aromatic rings. The molecule has 0 saturated carbocycles. The van der Waals surface area contributed by atoms with Gasteiger partial charge in [0, 0.05) is 24.3 Å². The molecule has 10 heteroatoms. The van der Waals surface area contributed by atoms with Gasteiger partial charge in [-0.15, -0.1) is 0 Å². The van der Waals surface area contributed by atoms with Crippen LogP contribution in [0.25, 0.3) is 11.0 Å². The molecule has 1 aromatic heterocycles. The van der Waals surface area contributed by atoms with Gasteiger partial charge in [0.15, 0.2) is 11.5 Å². The van der Waals surface area contributed by atoms with Gasteiger partial charge in [0.2, 0.25) is 0 Å².